The van der Waals surface area contributed by atoms with E-state index >= 15 is 0 Å². The van der Waals surface area contributed by atoms with E-state index in [1.807, 2.05) is 18.2 Å². The lowest BCUT2D eigenvalue weighted by molar-refractivity contribution is -0.127. The normalized spacial score (nSPS) is 33.6. The molecule has 1 saturated heterocycles. The molecule has 7 heteroatoms. The quantitative estimate of drug-likeness (QED) is 0.495. The van der Waals surface area contributed by atoms with Crippen LogP contribution in [-0.2, 0) is 9.59 Å². The minimum Gasteiger partial charge on any atom is -0.351 e. The Morgan fingerprint density at radius 3 is 2.47 bits per heavy atom. The minimum absolute atomic E-state index is 0.00519. The number of halogens is 1. The SMILES string of the molecule is O=C(CCN1C(=O)/C(=C\c2ccccc2Cl)SC1=S)NC12CC3CC(CC(C3)C1)C2. The van der Waals surface area contributed by atoms with Gasteiger partial charge in [0.15, 0.2) is 0 Å². The monoisotopic (exact) mass is 460 g/mol. The van der Waals surface area contributed by atoms with Crippen molar-refractivity contribution in [2.24, 2.45) is 17.8 Å². The van der Waals surface area contributed by atoms with Crippen LogP contribution in [0.25, 0.3) is 6.08 Å². The molecule has 4 saturated carbocycles. The maximum atomic E-state index is 12.8. The van der Waals surface area contributed by atoms with Crippen molar-refractivity contribution >= 4 is 57.8 Å². The maximum Gasteiger partial charge on any atom is 0.266 e. The van der Waals surface area contributed by atoms with Gasteiger partial charge in [0.05, 0.1) is 4.91 Å². The number of nitrogens with one attached hydrogen (secondary N) is 1. The molecule has 158 valence electrons. The Balaban J connectivity index is 1.20. The van der Waals surface area contributed by atoms with Crippen molar-refractivity contribution in [1.82, 2.24) is 10.2 Å². The average Bonchev–Trinajstić information content (AvgIpc) is 2.93. The van der Waals surface area contributed by atoms with Crippen molar-refractivity contribution in [3.05, 3.63) is 39.8 Å². The van der Waals surface area contributed by atoms with E-state index in [0.29, 0.717) is 20.8 Å². The summed E-state index contributed by atoms with van der Waals surface area (Å²) in [5.41, 5.74) is 0.796. The van der Waals surface area contributed by atoms with Crippen LogP contribution in [0.2, 0.25) is 5.02 Å². The summed E-state index contributed by atoms with van der Waals surface area (Å²) in [5.74, 6) is 2.27. The van der Waals surface area contributed by atoms with Crippen LogP contribution in [0.1, 0.15) is 50.5 Å². The van der Waals surface area contributed by atoms with Crippen molar-refractivity contribution in [2.75, 3.05) is 6.54 Å². The van der Waals surface area contributed by atoms with E-state index in [9.17, 15) is 9.59 Å². The fraction of sp³-hybridized carbons (Fsp3) is 0.522. The Kier molecular flexibility index (Phi) is 5.44. The van der Waals surface area contributed by atoms with Crippen LogP contribution in [0.5, 0.6) is 0 Å². The van der Waals surface area contributed by atoms with E-state index in [2.05, 4.69) is 5.32 Å². The van der Waals surface area contributed by atoms with Crippen LogP contribution in [0.3, 0.4) is 0 Å². The molecule has 4 nitrogen and oxygen atoms in total. The highest BCUT2D eigenvalue weighted by Crippen LogP contribution is 2.55. The second-order valence-corrected chi connectivity index (χ2v) is 11.4. The molecule has 0 unspecified atom stereocenters. The number of hydrogen-bond donors (Lipinski definition) is 1. The van der Waals surface area contributed by atoms with Crippen molar-refractivity contribution in [1.29, 1.82) is 0 Å². The molecule has 1 N–H and O–H groups in total. The van der Waals surface area contributed by atoms with Crippen LogP contribution in [-0.4, -0.2) is 33.1 Å². The standard InChI is InChI=1S/C23H25ClN2O2S2/c24-18-4-2-1-3-17(18)10-19-21(28)26(22(29)30-19)6-5-20(27)25-23-11-14-7-15(12-23)9-16(8-14)13-23/h1-4,10,14-16H,5-9,11-13H2,(H,25,27)/b19-10+. The third-order valence-corrected chi connectivity index (χ3v) is 8.79. The number of thiocarbonyl (C=S) groups is 1. The number of hydrogen-bond acceptors (Lipinski definition) is 4. The summed E-state index contributed by atoms with van der Waals surface area (Å²) in [4.78, 5) is 27.7. The summed E-state index contributed by atoms with van der Waals surface area (Å²) in [6.07, 6.45) is 9.51. The first-order chi connectivity index (χ1) is 14.4. The lowest BCUT2D eigenvalue weighted by Crippen LogP contribution is -2.60. The fourth-order valence-electron chi connectivity index (χ4n) is 6.26. The van der Waals surface area contributed by atoms with Gasteiger partial charge in [0, 0.05) is 23.5 Å². The van der Waals surface area contributed by atoms with Gasteiger partial charge in [-0.05, 0) is 74.0 Å². The zero-order valence-corrected chi connectivity index (χ0v) is 19.1. The lowest BCUT2D eigenvalue weighted by atomic mass is 9.53. The van der Waals surface area contributed by atoms with Crippen LogP contribution in [0.4, 0.5) is 0 Å². The van der Waals surface area contributed by atoms with Crippen molar-refractivity contribution < 1.29 is 9.59 Å². The number of thioether (sulfide) groups is 1. The first kappa shape index (κ1) is 20.5. The van der Waals surface area contributed by atoms with E-state index in [-0.39, 0.29) is 23.8 Å². The molecule has 1 aromatic carbocycles. The Labute approximate surface area is 191 Å². The number of rotatable bonds is 5. The van der Waals surface area contributed by atoms with Gasteiger partial charge in [-0.3, -0.25) is 14.5 Å². The molecule has 5 fully saturated rings. The highest BCUT2D eigenvalue weighted by Gasteiger charge is 2.51. The molecular weight excluding hydrogens is 436 g/mol. The Hall–Kier alpha value is -1.37. The van der Waals surface area contributed by atoms with Gasteiger partial charge >= 0.3 is 0 Å². The first-order valence-corrected chi connectivity index (χ1v) is 12.3. The second-order valence-electron chi connectivity index (χ2n) is 9.35. The van der Waals surface area contributed by atoms with Crippen molar-refractivity contribution in [3.63, 3.8) is 0 Å². The summed E-state index contributed by atoms with van der Waals surface area (Å²) in [6, 6.07) is 7.40. The second kappa shape index (κ2) is 7.95. The largest absolute Gasteiger partial charge is 0.351 e. The zero-order chi connectivity index (χ0) is 20.9. The predicted octanol–water partition coefficient (Wildman–Crippen LogP) is 5.02. The molecule has 1 aliphatic heterocycles. The molecule has 1 heterocycles. The van der Waals surface area contributed by atoms with Gasteiger partial charge in [0.1, 0.15) is 4.32 Å². The van der Waals surface area contributed by atoms with Crippen LogP contribution in [0, 0.1) is 17.8 Å². The van der Waals surface area contributed by atoms with E-state index in [4.69, 9.17) is 23.8 Å². The summed E-state index contributed by atoms with van der Waals surface area (Å²) in [5, 5.41) is 3.97. The van der Waals surface area contributed by atoms with Crippen molar-refractivity contribution in [3.8, 4) is 0 Å². The molecule has 1 aromatic rings. The third kappa shape index (κ3) is 3.94. The molecule has 0 atom stereocenters. The highest BCUT2D eigenvalue weighted by molar-refractivity contribution is 8.26. The maximum absolute atomic E-state index is 12.8. The van der Waals surface area contributed by atoms with Gasteiger partial charge in [-0.15, -0.1) is 0 Å². The van der Waals surface area contributed by atoms with E-state index in [1.165, 1.54) is 31.0 Å². The van der Waals surface area contributed by atoms with E-state index in [0.717, 1.165) is 42.6 Å². The third-order valence-electron chi connectivity index (χ3n) is 7.07. The molecule has 0 aromatic heterocycles. The number of nitrogens with zero attached hydrogens (tertiary/aromatic N) is 1. The lowest BCUT2D eigenvalue weighted by Gasteiger charge is -2.57. The Morgan fingerprint density at radius 2 is 1.83 bits per heavy atom. The molecule has 30 heavy (non-hydrogen) atoms. The number of carbonyl (C=O) groups excluding carboxylic acids is 2. The topological polar surface area (TPSA) is 49.4 Å². The fourth-order valence-corrected chi connectivity index (χ4v) is 7.75. The summed E-state index contributed by atoms with van der Waals surface area (Å²) in [7, 11) is 0. The molecule has 5 aliphatic rings. The molecular formula is C23H25ClN2O2S2. The smallest absolute Gasteiger partial charge is 0.266 e. The highest BCUT2D eigenvalue weighted by atomic mass is 35.5. The van der Waals surface area contributed by atoms with E-state index in [1.54, 1.807) is 17.0 Å². The van der Waals surface area contributed by atoms with Crippen LogP contribution >= 0.6 is 35.6 Å². The molecule has 4 bridgehead atoms. The first-order valence-electron chi connectivity index (χ1n) is 10.7. The van der Waals surface area contributed by atoms with Gasteiger partial charge in [0.2, 0.25) is 5.91 Å². The number of carbonyl (C=O) groups is 2. The number of amides is 2. The molecule has 6 rings (SSSR count). The van der Waals surface area contributed by atoms with Crippen LogP contribution in [0.15, 0.2) is 29.2 Å². The molecule has 0 radical (unpaired) electrons. The van der Waals surface area contributed by atoms with Gasteiger partial charge in [-0.2, -0.15) is 0 Å². The molecule has 4 aliphatic carbocycles. The summed E-state index contributed by atoms with van der Waals surface area (Å²) in [6.45, 7) is 0.322. The Bertz CT molecular complexity index is 910. The van der Waals surface area contributed by atoms with Gasteiger partial charge in [-0.1, -0.05) is 53.8 Å². The van der Waals surface area contributed by atoms with Gasteiger partial charge in [-0.25, -0.2) is 0 Å². The van der Waals surface area contributed by atoms with Gasteiger partial charge in [0.25, 0.3) is 5.91 Å². The summed E-state index contributed by atoms with van der Waals surface area (Å²) >= 11 is 12.9. The zero-order valence-electron chi connectivity index (χ0n) is 16.7. The molecule has 2 amide bonds. The average molecular weight is 461 g/mol. The van der Waals surface area contributed by atoms with Gasteiger partial charge < -0.3 is 5.32 Å². The van der Waals surface area contributed by atoms with Crippen LogP contribution < -0.4 is 5.32 Å². The Morgan fingerprint density at radius 1 is 1.20 bits per heavy atom. The number of benzene rings is 1. The van der Waals surface area contributed by atoms with E-state index < -0.39 is 0 Å². The predicted molar refractivity (Wildman–Crippen MR) is 125 cm³/mol. The minimum atomic E-state index is -0.146. The van der Waals surface area contributed by atoms with Crippen molar-refractivity contribution in [2.45, 2.75) is 50.5 Å². The molecule has 0 spiro atoms. The summed E-state index contributed by atoms with van der Waals surface area (Å²) < 4.78 is 0.501.